The van der Waals surface area contributed by atoms with Crippen LogP contribution in [0.3, 0.4) is 0 Å². The van der Waals surface area contributed by atoms with E-state index in [1.807, 2.05) is 0 Å². The third kappa shape index (κ3) is 11.3. The van der Waals surface area contributed by atoms with Crippen LogP contribution in [-0.2, 0) is 4.74 Å². The summed E-state index contributed by atoms with van der Waals surface area (Å²) in [6.07, 6.45) is 4.96. The van der Waals surface area contributed by atoms with Gasteiger partial charge in [0.05, 0.1) is 0 Å². The van der Waals surface area contributed by atoms with Gasteiger partial charge in [0.2, 0.25) is 0 Å². The lowest BCUT2D eigenvalue weighted by Gasteiger charge is -1.91. The van der Waals surface area contributed by atoms with Crippen molar-refractivity contribution in [2.24, 2.45) is 0 Å². The van der Waals surface area contributed by atoms with Crippen molar-refractivity contribution in [1.29, 1.82) is 5.26 Å². The first-order valence-corrected chi connectivity index (χ1v) is 2.92. The lowest BCUT2D eigenvalue weighted by molar-refractivity contribution is 0.261. The van der Waals surface area contributed by atoms with E-state index in [2.05, 4.69) is 11.7 Å². The molecule has 0 fully saturated rings. The quantitative estimate of drug-likeness (QED) is 0.448. The van der Waals surface area contributed by atoms with E-state index in [1.54, 1.807) is 6.26 Å². The predicted molar refractivity (Wildman–Crippen MR) is 41.5 cm³/mol. The van der Waals surface area contributed by atoms with Gasteiger partial charge in [-0.1, -0.05) is 19.8 Å². The van der Waals surface area contributed by atoms with E-state index in [0.29, 0.717) is 6.61 Å². The van der Waals surface area contributed by atoms with E-state index in [-0.39, 0.29) is 13.5 Å². The van der Waals surface area contributed by atoms with Crippen molar-refractivity contribution >= 4 is 13.5 Å². The molecule has 0 aromatic heterocycles. The van der Waals surface area contributed by atoms with Gasteiger partial charge in [0.25, 0.3) is 6.26 Å². The lowest BCUT2D eigenvalue weighted by Crippen LogP contribution is -1.85. The van der Waals surface area contributed by atoms with Crippen LogP contribution in [0.4, 0.5) is 0 Å². The minimum absolute atomic E-state index is 0. The van der Waals surface area contributed by atoms with Crippen LogP contribution in [0.5, 0.6) is 0 Å². The van der Waals surface area contributed by atoms with Gasteiger partial charge < -0.3 is 4.74 Å². The molecule has 0 atom stereocenters. The van der Waals surface area contributed by atoms with Crippen LogP contribution in [0.1, 0.15) is 26.2 Å². The van der Waals surface area contributed by atoms with E-state index < -0.39 is 0 Å². The Morgan fingerprint density at radius 3 is 2.56 bits per heavy atom. The second kappa shape index (κ2) is 10.6. The highest BCUT2D eigenvalue weighted by Gasteiger charge is 1.82. The molecule has 0 N–H and O–H groups in total. The van der Waals surface area contributed by atoms with E-state index in [1.165, 1.54) is 6.42 Å². The minimum atomic E-state index is 0. The fraction of sp³-hybridized carbons (Fsp3) is 0.833. The highest BCUT2D eigenvalue weighted by molar-refractivity contribution is 7.59. The standard InChI is InChI=1S/C6H11NO.H2S/c1-2-3-4-5-8-6-7;/h2-5H2,1H3;1H2. The number of hydrogen-bond acceptors (Lipinski definition) is 2. The van der Waals surface area contributed by atoms with E-state index in [0.717, 1.165) is 12.8 Å². The number of rotatable bonds is 4. The fourth-order valence-corrected chi connectivity index (χ4v) is 0.470. The first-order valence-electron chi connectivity index (χ1n) is 2.92. The van der Waals surface area contributed by atoms with Crippen LogP contribution in [0, 0.1) is 11.5 Å². The molecule has 0 unspecified atom stereocenters. The maximum atomic E-state index is 7.89. The van der Waals surface area contributed by atoms with Gasteiger partial charge in [0, 0.05) is 0 Å². The Morgan fingerprint density at radius 1 is 1.44 bits per heavy atom. The highest BCUT2D eigenvalue weighted by atomic mass is 32.1. The number of unbranched alkanes of at least 4 members (excludes halogenated alkanes) is 2. The molecule has 0 amide bonds. The summed E-state index contributed by atoms with van der Waals surface area (Å²) in [7, 11) is 0. The van der Waals surface area contributed by atoms with Gasteiger partial charge in [-0.2, -0.15) is 18.8 Å². The first-order chi connectivity index (χ1) is 3.91. The van der Waals surface area contributed by atoms with Crippen molar-refractivity contribution in [2.75, 3.05) is 6.61 Å². The smallest absolute Gasteiger partial charge is 0.286 e. The first kappa shape index (κ1) is 11.4. The Balaban J connectivity index is 0. The van der Waals surface area contributed by atoms with Gasteiger partial charge in [-0.05, 0) is 6.42 Å². The lowest BCUT2D eigenvalue weighted by atomic mass is 10.3. The molecule has 0 radical (unpaired) electrons. The maximum Gasteiger partial charge on any atom is 0.286 e. The van der Waals surface area contributed by atoms with Crippen molar-refractivity contribution < 1.29 is 4.74 Å². The second-order valence-electron chi connectivity index (χ2n) is 1.65. The van der Waals surface area contributed by atoms with Crippen molar-refractivity contribution in [3.05, 3.63) is 0 Å². The largest absolute Gasteiger partial charge is 0.428 e. The molecule has 0 saturated carbocycles. The number of ether oxygens (including phenoxy) is 1. The molecule has 0 heterocycles. The molecule has 0 spiro atoms. The maximum absolute atomic E-state index is 7.89. The molecule has 3 heteroatoms. The van der Waals surface area contributed by atoms with E-state index >= 15 is 0 Å². The Kier molecular flexibility index (Phi) is 13.5. The molecule has 0 aliphatic rings. The topological polar surface area (TPSA) is 33.0 Å². The summed E-state index contributed by atoms with van der Waals surface area (Å²) in [6, 6.07) is 0. The summed E-state index contributed by atoms with van der Waals surface area (Å²) in [5.41, 5.74) is 0. The van der Waals surface area contributed by atoms with Crippen molar-refractivity contribution in [3.8, 4) is 6.26 Å². The van der Waals surface area contributed by atoms with E-state index in [4.69, 9.17) is 5.26 Å². The molecule has 9 heavy (non-hydrogen) atoms. The van der Waals surface area contributed by atoms with Crippen LogP contribution < -0.4 is 0 Å². The number of nitriles is 1. The molecular formula is C6H13NOS. The monoisotopic (exact) mass is 147 g/mol. The summed E-state index contributed by atoms with van der Waals surface area (Å²) in [6.45, 7) is 2.71. The van der Waals surface area contributed by atoms with Crippen molar-refractivity contribution in [3.63, 3.8) is 0 Å². The number of hydrogen-bond donors (Lipinski definition) is 0. The molecule has 0 bridgehead atoms. The van der Waals surface area contributed by atoms with E-state index in [9.17, 15) is 0 Å². The van der Waals surface area contributed by atoms with Gasteiger partial charge >= 0.3 is 0 Å². The van der Waals surface area contributed by atoms with Gasteiger partial charge in [0.1, 0.15) is 6.61 Å². The van der Waals surface area contributed by atoms with Crippen LogP contribution in [0.2, 0.25) is 0 Å². The molecule has 0 aromatic rings. The molecule has 54 valence electrons. The van der Waals surface area contributed by atoms with Crippen LogP contribution >= 0.6 is 13.5 Å². The third-order valence-corrected chi connectivity index (χ3v) is 0.915. The van der Waals surface area contributed by atoms with Gasteiger partial charge in [-0.25, -0.2) is 0 Å². The Hall–Kier alpha value is -0.360. The minimum Gasteiger partial charge on any atom is -0.428 e. The zero-order valence-corrected chi connectivity index (χ0v) is 6.68. The molecule has 0 aliphatic heterocycles. The van der Waals surface area contributed by atoms with Gasteiger partial charge in [0.15, 0.2) is 0 Å². The molecule has 0 saturated heterocycles. The summed E-state index contributed by atoms with van der Waals surface area (Å²) < 4.78 is 4.44. The van der Waals surface area contributed by atoms with Crippen LogP contribution in [-0.4, -0.2) is 6.61 Å². The van der Waals surface area contributed by atoms with Crippen LogP contribution in [0.25, 0.3) is 0 Å². The molecule has 2 nitrogen and oxygen atoms in total. The average molecular weight is 147 g/mol. The Labute approximate surface area is 63.3 Å². The second-order valence-corrected chi connectivity index (χ2v) is 1.65. The normalized spacial score (nSPS) is 7.11. The van der Waals surface area contributed by atoms with Gasteiger partial charge in [-0.3, -0.25) is 0 Å². The molecule has 0 aromatic carbocycles. The van der Waals surface area contributed by atoms with Crippen molar-refractivity contribution in [1.82, 2.24) is 0 Å². The number of nitrogens with zero attached hydrogens (tertiary/aromatic N) is 1. The zero-order chi connectivity index (χ0) is 6.24. The summed E-state index contributed by atoms with van der Waals surface area (Å²) in [5, 5.41) is 7.89. The Bertz CT molecular complexity index is 79.6. The summed E-state index contributed by atoms with van der Waals surface area (Å²) in [5.74, 6) is 0. The summed E-state index contributed by atoms with van der Waals surface area (Å²) in [4.78, 5) is 0. The summed E-state index contributed by atoms with van der Waals surface area (Å²) >= 11 is 0. The zero-order valence-electron chi connectivity index (χ0n) is 5.68. The molecule has 0 rings (SSSR count). The molecule has 0 aliphatic carbocycles. The average Bonchev–Trinajstić information content (AvgIpc) is 1.81. The highest BCUT2D eigenvalue weighted by Crippen LogP contribution is 1.92. The van der Waals surface area contributed by atoms with Crippen LogP contribution in [0.15, 0.2) is 0 Å². The predicted octanol–water partition coefficient (Wildman–Crippen LogP) is 1.79. The fourth-order valence-electron chi connectivity index (χ4n) is 0.470. The Morgan fingerprint density at radius 2 is 2.11 bits per heavy atom. The molecular weight excluding hydrogens is 134 g/mol. The van der Waals surface area contributed by atoms with Crippen molar-refractivity contribution in [2.45, 2.75) is 26.2 Å². The SMILES string of the molecule is CCCCCOC#N.S. The van der Waals surface area contributed by atoms with Gasteiger partial charge in [-0.15, -0.1) is 0 Å². The third-order valence-electron chi connectivity index (χ3n) is 0.915.